The van der Waals surface area contributed by atoms with E-state index in [2.05, 4.69) is 5.32 Å². The molecule has 3 rings (SSSR count). The van der Waals surface area contributed by atoms with Crippen LogP contribution in [0.15, 0.2) is 41.3 Å². The highest BCUT2D eigenvalue weighted by Gasteiger charge is 2.21. The molecular weight excluding hydrogens is 372 g/mol. The van der Waals surface area contributed by atoms with Crippen molar-refractivity contribution in [1.29, 1.82) is 0 Å². The summed E-state index contributed by atoms with van der Waals surface area (Å²) in [5, 5.41) is 3.01. The Bertz CT molecular complexity index is 829. The topological polar surface area (TPSA) is 47.6 Å². The fraction of sp³-hybridized carbons (Fsp3) is 0.350. The van der Waals surface area contributed by atoms with Gasteiger partial charge < -0.3 is 14.8 Å². The Morgan fingerprint density at radius 3 is 2.52 bits per heavy atom. The third-order valence-electron chi connectivity index (χ3n) is 4.17. The zero-order valence-electron chi connectivity index (χ0n) is 15.1. The number of halogens is 2. The lowest BCUT2D eigenvalue weighted by molar-refractivity contribution is -0.119. The van der Waals surface area contributed by atoms with Crippen LogP contribution in [0.1, 0.15) is 25.5 Å². The Balaban J connectivity index is 1.65. The Labute approximate surface area is 161 Å². The number of carbonyl (C=O) groups is 1. The maximum Gasteiger partial charge on any atom is 0.230 e. The molecular formula is C20H21F2NO3S. The number of hydrogen-bond donors (Lipinski definition) is 1. The molecule has 0 bridgehead atoms. The average Bonchev–Trinajstić information content (AvgIpc) is 2.66. The molecule has 0 saturated heterocycles. The smallest absolute Gasteiger partial charge is 0.230 e. The molecule has 144 valence electrons. The second kappa shape index (κ2) is 8.61. The van der Waals surface area contributed by atoms with E-state index in [1.54, 1.807) is 0 Å². The first-order valence-corrected chi connectivity index (χ1v) is 9.69. The zero-order chi connectivity index (χ0) is 19.4. The van der Waals surface area contributed by atoms with Gasteiger partial charge in [-0.1, -0.05) is 19.9 Å². The van der Waals surface area contributed by atoms with E-state index in [-0.39, 0.29) is 23.6 Å². The second-order valence-electron chi connectivity index (χ2n) is 6.56. The minimum absolute atomic E-state index is 0.110. The van der Waals surface area contributed by atoms with Crippen molar-refractivity contribution >= 4 is 17.7 Å². The lowest BCUT2D eigenvalue weighted by atomic mass is 9.95. The summed E-state index contributed by atoms with van der Waals surface area (Å²) < 4.78 is 37.4. The summed E-state index contributed by atoms with van der Waals surface area (Å²) in [7, 11) is 0. The van der Waals surface area contributed by atoms with Crippen LogP contribution in [0.2, 0.25) is 0 Å². The molecule has 0 radical (unpaired) electrons. The zero-order valence-corrected chi connectivity index (χ0v) is 15.9. The normalized spacial score (nSPS) is 14.1. The van der Waals surface area contributed by atoms with Gasteiger partial charge in [0.2, 0.25) is 5.91 Å². The minimum Gasteiger partial charge on any atom is -0.486 e. The van der Waals surface area contributed by atoms with Gasteiger partial charge in [0.25, 0.3) is 0 Å². The number of amides is 1. The minimum atomic E-state index is -0.920. The summed E-state index contributed by atoms with van der Waals surface area (Å²) in [5.41, 5.74) is 0.931. The molecule has 0 unspecified atom stereocenters. The van der Waals surface area contributed by atoms with Crippen molar-refractivity contribution in [3.05, 3.63) is 53.6 Å². The molecule has 2 aromatic rings. The van der Waals surface area contributed by atoms with Crippen molar-refractivity contribution < 1.29 is 23.0 Å². The average molecular weight is 393 g/mol. The highest BCUT2D eigenvalue weighted by Crippen LogP contribution is 2.34. The Kier molecular flexibility index (Phi) is 6.21. The predicted octanol–water partition coefficient (Wildman–Crippen LogP) is 4.34. The van der Waals surface area contributed by atoms with Crippen molar-refractivity contribution in [2.75, 3.05) is 19.0 Å². The Hall–Kier alpha value is -2.28. The fourth-order valence-electron chi connectivity index (χ4n) is 2.82. The van der Waals surface area contributed by atoms with Gasteiger partial charge in [0.1, 0.15) is 13.2 Å². The molecule has 1 amide bonds. The van der Waals surface area contributed by atoms with Crippen LogP contribution in [0.3, 0.4) is 0 Å². The number of rotatable bonds is 6. The molecule has 1 N–H and O–H groups in total. The maximum atomic E-state index is 13.3. The molecule has 7 heteroatoms. The molecule has 1 aliphatic heterocycles. The monoisotopic (exact) mass is 393 g/mol. The van der Waals surface area contributed by atoms with E-state index >= 15 is 0 Å². The van der Waals surface area contributed by atoms with Crippen LogP contribution < -0.4 is 14.8 Å². The molecule has 1 heterocycles. The largest absolute Gasteiger partial charge is 0.486 e. The van der Waals surface area contributed by atoms with E-state index in [4.69, 9.17) is 9.47 Å². The van der Waals surface area contributed by atoms with E-state index in [1.807, 2.05) is 32.0 Å². The third-order valence-corrected chi connectivity index (χ3v) is 5.16. The van der Waals surface area contributed by atoms with Crippen molar-refractivity contribution in [3.63, 3.8) is 0 Å². The summed E-state index contributed by atoms with van der Waals surface area (Å²) in [6.45, 7) is 5.06. The number of fused-ring (bicyclic) bond motifs is 1. The standard InChI is InChI=1S/C20H21F2NO3S/c1-12(2)20(13-3-6-17-18(9-13)26-8-7-25-17)23-19(24)11-27-14-4-5-15(21)16(22)10-14/h3-6,9-10,12,20H,7-8,11H2,1-2H3,(H,23,24)/t20-/m0/s1. The van der Waals surface area contributed by atoms with Gasteiger partial charge in [-0.3, -0.25) is 4.79 Å². The molecule has 0 fully saturated rings. The van der Waals surface area contributed by atoms with Crippen LogP contribution in [0, 0.1) is 17.6 Å². The van der Waals surface area contributed by atoms with Crippen LogP contribution in [-0.2, 0) is 4.79 Å². The highest BCUT2D eigenvalue weighted by atomic mass is 32.2. The van der Waals surface area contributed by atoms with Gasteiger partial charge in [-0.15, -0.1) is 11.8 Å². The number of carbonyl (C=O) groups excluding carboxylic acids is 1. The van der Waals surface area contributed by atoms with E-state index in [0.29, 0.717) is 29.6 Å². The van der Waals surface area contributed by atoms with E-state index in [1.165, 1.54) is 6.07 Å². The van der Waals surface area contributed by atoms with Crippen LogP contribution in [0.25, 0.3) is 0 Å². The SMILES string of the molecule is CC(C)[C@H](NC(=O)CSc1ccc(F)c(F)c1)c1ccc2c(c1)OCCO2. The molecule has 0 saturated carbocycles. The summed E-state index contributed by atoms with van der Waals surface area (Å²) in [4.78, 5) is 12.9. The van der Waals surface area contributed by atoms with Crippen LogP contribution >= 0.6 is 11.8 Å². The molecule has 1 atom stereocenters. The van der Waals surface area contributed by atoms with Crippen molar-refractivity contribution in [3.8, 4) is 11.5 Å². The quantitative estimate of drug-likeness (QED) is 0.742. The first kappa shape index (κ1) is 19.5. The van der Waals surface area contributed by atoms with Crippen molar-refractivity contribution in [2.45, 2.75) is 24.8 Å². The van der Waals surface area contributed by atoms with Crippen LogP contribution in [0.5, 0.6) is 11.5 Å². The molecule has 1 aliphatic rings. The van der Waals surface area contributed by atoms with E-state index in [0.717, 1.165) is 29.5 Å². The van der Waals surface area contributed by atoms with Gasteiger partial charge >= 0.3 is 0 Å². The first-order chi connectivity index (χ1) is 12.9. The summed E-state index contributed by atoms with van der Waals surface area (Å²) in [6.07, 6.45) is 0. The molecule has 0 aliphatic carbocycles. The Morgan fingerprint density at radius 2 is 1.81 bits per heavy atom. The second-order valence-corrected chi connectivity index (χ2v) is 7.61. The maximum absolute atomic E-state index is 13.3. The first-order valence-electron chi connectivity index (χ1n) is 8.71. The van der Waals surface area contributed by atoms with Crippen LogP contribution in [-0.4, -0.2) is 24.9 Å². The number of thioether (sulfide) groups is 1. The molecule has 0 spiro atoms. The van der Waals surface area contributed by atoms with Gasteiger partial charge in [0, 0.05) is 4.90 Å². The number of nitrogens with one attached hydrogen (secondary N) is 1. The van der Waals surface area contributed by atoms with Gasteiger partial charge in [-0.05, 0) is 41.8 Å². The molecule has 2 aromatic carbocycles. The summed E-state index contributed by atoms with van der Waals surface area (Å²) in [5.74, 6) is -0.358. The Morgan fingerprint density at radius 1 is 1.07 bits per heavy atom. The molecule has 4 nitrogen and oxygen atoms in total. The molecule has 0 aromatic heterocycles. The summed E-state index contributed by atoms with van der Waals surface area (Å²) in [6, 6.07) is 9.07. The number of hydrogen-bond acceptors (Lipinski definition) is 4. The van der Waals surface area contributed by atoms with Crippen LogP contribution in [0.4, 0.5) is 8.78 Å². The summed E-state index contributed by atoms with van der Waals surface area (Å²) >= 11 is 1.16. The van der Waals surface area contributed by atoms with Crippen molar-refractivity contribution in [1.82, 2.24) is 5.32 Å². The van der Waals surface area contributed by atoms with Gasteiger partial charge in [-0.2, -0.15) is 0 Å². The number of ether oxygens (including phenoxy) is 2. The predicted molar refractivity (Wildman–Crippen MR) is 100 cm³/mol. The van der Waals surface area contributed by atoms with Crippen molar-refractivity contribution in [2.24, 2.45) is 5.92 Å². The van der Waals surface area contributed by atoms with Gasteiger partial charge in [0.15, 0.2) is 23.1 Å². The van der Waals surface area contributed by atoms with E-state index < -0.39 is 11.6 Å². The lowest BCUT2D eigenvalue weighted by Gasteiger charge is -2.25. The molecule has 27 heavy (non-hydrogen) atoms. The van der Waals surface area contributed by atoms with Gasteiger partial charge in [0.05, 0.1) is 11.8 Å². The fourth-order valence-corrected chi connectivity index (χ4v) is 3.55. The lowest BCUT2D eigenvalue weighted by Crippen LogP contribution is -2.33. The highest BCUT2D eigenvalue weighted by molar-refractivity contribution is 8.00. The number of benzene rings is 2. The van der Waals surface area contributed by atoms with Gasteiger partial charge in [-0.25, -0.2) is 8.78 Å². The third kappa shape index (κ3) is 4.91. The van der Waals surface area contributed by atoms with E-state index in [9.17, 15) is 13.6 Å².